The first-order valence-electron chi connectivity index (χ1n) is 8.76. The Labute approximate surface area is 162 Å². The van der Waals surface area contributed by atoms with E-state index in [0.717, 1.165) is 0 Å². The Morgan fingerprint density at radius 2 is 1.79 bits per heavy atom. The van der Waals surface area contributed by atoms with Crippen molar-refractivity contribution in [2.45, 2.75) is 23.8 Å². The van der Waals surface area contributed by atoms with Gasteiger partial charge in [-0.1, -0.05) is 0 Å². The molecule has 0 bridgehead atoms. The van der Waals surface area contributed by atoms with E-state index in [2.05, 4.69) is 0 Å². The van der Waals surface area contributed by atoms with Crippen LogP contribution in [0.15, 0.2) is 47.4 Å². The van der Waals surface area contributed by atoms with Crippen molar-refractivity contribution in [1.82, 2.24) is 4.31 Å². The van der Waals surface area contributed by atoms with E-state index in [4.69, 9.17) is 18.9 Å². The fourth-order valence-electron chi connectivity index (χ4n) is 3.27. The zero-order valence-electron chi connectivity index (χ0n) is 15.2. The molecule has 0 unspecified atom stereocenters. The van der Waals surface area contributed by atoms with Crippen molar-refractivity contribution in [2.24, 2.45) is 0 Å². The summed E-state index contributed by atoms with van der Waals surface area (Å²) in [4.78, 5) is 12.8. The molecule has 0 amide bonds. The minimum absolute atomic E-state index is 0.107. The van der Waals surface area contributed by atoms with Gasteiger partial charge in [-0.2, -0.15) is 4.31 Å². The number of ether oxygens (including phenoxy) is 4. The van der Waals surface area contributed by atoms with Crippen LogP contribution >= 0.6 is 0 Å². The second-order valence-electron chi connectivity index (χ2n) is 6.39. The zero-order chi connectivity index (χ0) is 19.7. The van der Waals surface area contributed by atoms with E-state index in [1.807, 2.05) is 0 Å². The number of rotatable bonds is 5. The molecule has 0 aromatic heterocycles. The monoisotopic (exact) mass is 405 g/mol. The highest BCUT2D eigenvalue weighted by atomic mass is 32.2. The Morgan fingerprint density at radius 1 is 1.07 bits per heavy atom. The molecule has 4 rings (SSSR count). The first kappa shape index (κ1) is 18.6. The lowest BCUT2D eigenvalue weighted by molar-refractivity contribution is -0.137. The Morgan fingerprint density at radius 3 is 2.54 bits per heavy atom. The van der Waals surface area contributed by atoms with E-state index in [0.29, 0.717) is 30.1 Å². The maximum absolute atomic E-state index is 13.0. The molecule has 2 aromatic carbocycles. The fourth-order valence-corrected chi connectivity index (χ4v) is 4.92. The molecule has 0 aliphatic carbocycles. The topological polar surface area (TPSA) is 91.4 Å². The van der Waals surface area contributed by atoms with Crippen LogP contribution in [0.1, 0.15) is 12.8 Å². The zero-order valence-corrected chi connectivity index (χ0v) is 16.0. The second kappa shape index (κ2) is 7.33. The number of fused-ring (bicyclic) bond motifs is 1. The molecule has 9 heteroatoms. The Hall–Kier alpha value is -2.78. The van der Waals surface area contributed by atoms with Gasteiger partial charge in [0, 0.05) is 12.6 Å². The second-order valence-corrected chi connectivity index (χ2v) is 8.28. The third kappa shape index (κ3) is 3.38. The smallest absolute Gasteiger partial charge is 0.329 e. The van der Waals surface area contributed by atoms with Crippen molar-refractivity contribution in [1.29, 1.82) is 0 Å². The summed E-state index contributed by atoms with van der Waals surface area (Å²) in [6.07, 6.45) is 0.981. The van der Waals surface area contributed by atoms with E-state index in [1.165, 1.54) is 23.5 Å². The van der Waals surface area contributed by atoms with Crippen LogP contribution in [0.2, 0.25) is 0 Å². The molecule has 8 nitrogen and oxygen atoms in total. The number of carbonyl (C=O) groups excluding carboxylic acids is 1. The lowest BCUT2D eigenvalue weighted by Gasteiger charge is -2.22. The molecule has 0 spiro atoms. The summed E-state index contributed by atoms with van der Waals surface area (Å²) in [6.45, 7) is 0.374. The van der Waals surface area contributed by atoms with Crippen molar-refractivity contribution >= 4 is 16.0 Å². The van der Waals surface area contributed by atoms with Gasteiger partial charge in [0.2, 0.25) is 16.8 Å². The standard InChI is InChI=1S/C19H19NO7S/c1-24-13-4-7-15(8-5-13)28(22,23)20-10-2-3-16(20)19(21)27-14-6-9-17-18(11-14)26-12-25-17/h4-9,11,16H,2-3,10,12H2,1H3/t16-/m0/s1. The van der Waals surface area contributed by atoms with Crippen LogP contribution in [-0.4, -0.2) is 45.2 Å². The number of carbonyl (C=O) groups is 1. The van der Waals surface area contributed by atoms with Crippen molar-refractivity contribution in [3.8, 4) is 23.0 Å². The van der Waals surface area contributed by atoms with Crippen LogP contribution in [0.25, 0.3) is 0 Å². The predicted molar refractivity (Wildman–Crippen MR) is 98.1 cm³/mol. The summed E-state index contributed by atoms with van der Waals surface area (Å²) in [5.41, 5.74) is 0. The van der Waals surface area contributed by atoms with Gasteiger partial charge in [0.1, 0.15) is 17.5 Å². The van der Waals surface area contributed by atoms with Crippen LogP contribution in [-0.2, 0) is 14.8 Å². The van der Waals surface area contributed by atoms with Crippen LogP contribution in [0, 0.1) is 0 Å². The molecule has 2 aromatic rings. The third-order valence-electron chi connectivity index (χ3n) is 4.70. The summed E-state index contributed by atoms with van der Waals surface area (Å²) in [5, 5.41) is 0. The quantitative estimate of drug-likeness (QED) is 0.556. The number of hydrogen-bond donors (Lipinski definition) is 0. The molecule has 2 aliphatic rings. The van der Waals surface area contributed by atoms with Crippen molar-refractivity contribution < 1.29 is 32.2 Å². The molecule has 1 fully saturated rings. The van der Waals surface area contributed by atoms with Gasteiger partial charge in [-0.25, -0.2) is 13.2 Å². The van der Waals surface area contributed by atoms with Gasteiger partial charge in [-0.05, 0) is 49.2 Å². The maximum Gasteiger partial charge on any atom is 0.329 e. The average Bonchev–Trinajstić information content (AvgIpc) is 3.37. The molecule has 1 atom stereocenters. The number of sulfonamides is 1. The molecule has 28 heavy (non-hydrogen) atoms. The number of esters is 1. The minimum Gasteiger partial charge on any atom is -0.497 e. The summed E-state index contributed by atoms with van der Waals surface area (Å²) < 4.78 is 48.2. The molecule has 0 N–H and O–H groups in total. The van der Waals surface area contributed by atoms with Gasteiger partial charge in [-0.15, -0.1) is 0 Å². The van der Waals surface area contributed by atoms with Crippen molar-refractivity contribution in [3.05, 3.63) is 42.5 Å². The summed E-state index contributed by atoms with van der Waals surface area (Å²) in [7, 11) is -2.32. The van der Waals surface area contributed by atoms with Crippen LogP contribution in [0.3, 0.4) is 0 Å². The highest BCUT2D eigenvalue weighted by Gasteiger charge is 2.40. The van der Waals surface area contributed by atoms with Gasteiger partial charge >= 0.3 is 5.97 Å². The third-order valence-corrected chi connectivity index (χ3v) is 6.63. The number of hydrogen-bond acceptors (Lipinski definition) is 7. The number of methoxy groups -OCH3 is 1. The Balaban J connectivity index is 1.52. The van der Waals surface area contributed by atoms with Gasteiger partial charge < -0.3 is 18.9 Å². The molecule has 0 saturated carbocycles. The molecule has 1 saturated heterocycles. The normalized spacial score (nSPS) is 18.8. The molecule has 2 heterocycles. The van der Waals surface area contributed by atoms with Gasteiger partial charge in [0.25, 0.3) is 0 Å². The van der Waals surface area contributed by atoms with E-state index in [9.17, 15) is 13.2 Å². The molecular weight excluding hydrogens is 386 g/mol. The summed E-state index contributed by atoms with van der Waals surface area (Å²) in [5.74, 6) is 1.28. The van der Waals surface area contributed by atoms with E-state index in [1.54, 1.807) is 30.3 Å². The molecule has 2 aliphatic heterocycles. The Kier molecular flexibility index (Phi) is 4.86. The van der Waals surface area contributed by atoms with Gasteiger partial charge in [0.05, 0.1) is 12.0 Å². The van der Waals surface area contributed by atoms with Gasteiger partial charge in [-0.3, -0.25) is 0 Å². The van der Waals surface area contributed by atoms with E-state index < -0.39 is 22.0 Å². The highest BCUT2D eigenvalue weighted by Crippen LogP contribution is 2.36. The molecule has 148 valence electrons. The highest BCUT2D eigenvalue weighted by molar-refractivity contribution is 7.89. The van der Waals surface area contributed by atoms with Crippen LogP contribution < -0.4 is 18.9 Å². The summed E-state index contributed by atoms with van der Waals surface area (Å²) >= 11 is 0. The van der Waals surface area contributed by atoms with Crippen molar-refractivity contribution in [2.75, 3.05) is 20.4 Å². The molecule has 0 radical (unpaired) electrons. The first-order valence-corrected chi connectivity index (χ1v) is 10.2. The average molecular weight is 405 g/mol. The first-order chi connectivity index (χ1) is 13.5. The van der Waals surface area contributed by atoms with Crippen LogP contribution in [0.4, 0.5) is 0 Å². The fraction of sp³-hybridized carbons (Fsp3) is 0.316. The lowest BCUT2D eigenvalue weighted by Crippen LogP contribution is -2.42. The molecular formula is C19H19NO7S. The minimum atomic E-state index is -3.83. The SMILES string of the molecule is COc1ccc(S(=O)(=O)N2CCC[C@H]2C(=O)Oc2ccc3c(c2)OCO3)cc1. The van der Waals surface area contributed by atoms with E-state index >= 15 is 0 Å². The Bertz CT molecular complexity index is 988. The largest absolute Gasteiger partial charge is 0.497 e. The van der Waals surface area contributed by atoms with E-state index in [-0.39, 0.29) is 24.0 Å². The number of benzene rings is 2. The lowest BCUT2D eigenvalue weighted by atomic mass is 10.2. The van der Waals surface area contributed by atoms with Crippen molar-refractivity contribution in [3.63, 3.8) is 0 Å². The predicted octanol–water partition coefficient (Wildman–Crippen LogP) is 2.18. The number of nitrogens with zero attached hydrogens (tertiary/aromatic N) is 1. The van der Waals surface area contributed by atoms with Crippen LogP contribution in [0.5, 0.6) is 23.0 Å². The van der Waals surface area contributed by atoms with Gasteiger partial charge in [0.15, 0.2) is 11.5 Å². The summed E-state index contributed by atoms with van der Waals surface area (Å²) in [6, 6.07) is 9.98. The maximum atomic E-state index is 13.0.